The van der Waals surface area contributed by atoms with Crippen LogP contribution in [0.15, 0.2) is 0 Å². The number of ketones is 1. The molecule has 154 valence electrons. The van der Waals surface area contributed by atoms with Crippen LogP contribution in [0, 0.1) is 11.3 Å². The highest BCUT2D eigenvalue weighted by molar-refractivity contribution is 5.85. The summed E-state index contributed by atoms with van der Waals surface area (Å²) in [7, 11) is 1.60. The zero-order valence-electron chi connectivity index (χ0n) is 17.2. The average Bonchev–Trinajstić information content (AvgIpc) is 2.89. The molecule has 1 unspecified atom stereocenters. The summed E-state index contributed by atoms with van der Waals surface area (Å²) in [6.07, 6.45) is -1.56. The van der Waals surface area contributed by atoms with Crippen LogP contribution in [0.2, 0.25) is 0 Å². The Hall–Kier alpha value is -0.570. The van der Waals surface area contributed by atoms with Crippen LogP contribution in [0.4, 0.5) is 0 Å². The molecule has 0 spiro atoms. The summed E-state index contributed by atoms with van der Waals surface area (Å²) in [4.78, 5) is 12.9. The Bertz CT molecular complexity index is 434. The molecule has 0 amide bonds. The Balaban J connectivity index is 2.82. The van der Waals surface area contributed by atoms with Crippen molar-refractivity contribution >= 4 is 5.78 Å². The summed E-state index contributed by atoms with van der Waals surface area (Å²) in [6, 6.07) is 0. The van der Waals surface area contributed by atoms with Crippen LogP contribution in [-0.2, 0) is 28.5 Å². The Morgan fingerprint density at radius 2 is 1.96 bits per heavy atom. The van der Waals surface area contributed by atoms with Crippen LogP contribution >= 0.6 is 0 Å². The van der Waals surface area contributed by atoms with Gasteiger partial charge in [-0.2, -0.15) is 0 Å². The van der Waals surface area contributed by atoms with Gasteiger partial charge in [-0.3, -0.25) is 4.79 Å². The number of rotatable bonds is 12. The third-order valence-corrected chi connectivity index (χ3v) is 4.72. The number of carbonyl (C=O) groups excluding carboxylic acids is 1. The summed E-state index contributed by atoms with van der Waals surface area (Å²) in [5.74, 6) is -0.787. The third-order valence-electron chi connectivity index (χ3n) is 4.72. The Morgan fingerprint density at radius 3 is 2.46 bits per heavy atom. The van der Waals surface area contributed by atoms with E-state index in [9.17, 15) is 9.90 Å². The van der Waals surface area contributed by atoms with Gasteiger partial charge in [0.2, 0.25) is 0 Å². The van der Waals surface area contributed by atoms with Gasteiger partial charge in [-0.1, -0.05) is 27.7 Å². The van der Waals surface area contributed by atoms with Gasteiger partial charge in [0.15, 0.2) is 5.79 Å². The molecule has 1 heterocycles. The minimum absolute atomic E-state index is 0.0106. The molecule has 26 heavy (non-hydrogen) atoms. The highest BCUT2D eigenvalue weighted by Gasteiger charge is 2.48. The highest BCUT2D eigenvalue weighted by Crippen LogP contribution is 2.35. The van der Waals surface area contributed by atoms with Crippen molar-refractivity contribution in [1.82, 2.24) is 0 Å². The van der Waals surface area contributed by atoms with Gasteiger partial charge in [-0.05, 0) is 19.8 Å². The van der Waals surface area contributed by atoms with Gasteiger partial charge in [0.1, 0.15) is 24.8 Å². The predicted molar refractivity (Wildman–Crippen MR) is 96.7 cm³/mol. The van der Waals surface area contributed by atoms with Crippen molar-refractivity contribution in [2.45, 2.75) is 72.1 Å². The molecule has 1 N–H and O–H groups in total. The maximum absolute atomic E-state index is 12.9. The van der Waals surface area contributed by atoms with Crippen LogP contribution in [0.1, 0.15) is 48.0 Å². The minimum Gasteiger partial charge on any atom is -0.392 e. The first kappa shape index (κ1) is 23.5. The second kappa shape index (κ2) is 10.1. The van der Waals surface area contributed by atoms with Crippen LogP contribution in [0.25, 0.3) is 0 Å². The van der Waals surface area contributed by atoms with E-state index in [1.807, 2.05) is 41.5 Å². The lowest BCUT2D eigenvalue weighted by atomic mass is 9.77. The highest BCUT2D eigenvalue weighted by atomic mass is 16.8. The monoisotopic (exact) mass is 376 g/mol. The molecule has 0 bridgehead atoms. The number of Topliss-reactive ketones (excluding diaryl/α,β-unsaturated/α-hetero) is 1. The van der Waals surface area contributed by atoms with E-state index in [-0.39, 0.29) is 24.9 Å². The molecule has 1 fully saturated rings. The first-order valence-electron chi connectivity index (χ1n) is 9.22. The van der Waals surface area contributed by atoms with Gasteiger partial charge >= 0.3 is 0 Å². The van der Waals surface area contributed by atoms with E-state index in [0.717, 1.165) is 0 Å². The fourth-order valence-electron chi connectivity index (χ4n) is 2.81. The van der Waals surface area contributed by atoms with E-state index in [2.05, 4.69) is 0 Å². The molecule has 1 saturated heterocycles. The molecular formula is C19H36O7. The summed E-state index contributed by atoms with van der Waals surface area (Å²) < 4.78 is 27.8. The molecule has 7 nitrogen and oxygen atoms in total. The molecule has 0 aromatic carbocycles. The van der Waals surface area contributed by atoms with E-state index in [1.165, 1.54) is 0 Å². The molecule has 7 heteroatoms. The van der Waals surface area contributed by atoms with E-state index >= 15 is 0 Å². The maximum atomic E-state index is 12.9. The zero-order valence-corrected chi connectivity index (χ0v) is 17.2. The van der Waals surface area contributed by atoms with Crippen LogP contribution in [0.3, 0.4) is 0 Å². The van der Waals surface area contributed by atoms with Crippen molar-refractivity contribution in [3.05, 3.63) is 0 Å². The Morgan fingerprint density at radius 1 is 1.31 bits per heavy atom. The summed E-state index contributed by atoms with van der Waals surface area (Å²) in [5.41, 5.74) is -0.866. The number of aliphatic hydroxyl groups is 1. The van der Waals surface area contributed by atoms with Gasteiger partial charge in [-0.25, -0.2) is 0 Å². The van der Waals surface area contributed by atoms with Crippen molar-refractivity contribution in [2.75, 3.05) is 33.7 Å². The lowest BCUT2D eigenvalue weighted by Crippen LogP contribution is -2.49. The van der Waals surface area contributed by atoms with Crippen LogP contribution in [0.5, 0.6) is 0 Å². The molecule has 3 atom stereocenters. The van der Waals surface area contributed by atoms with Gasteiger partial charge < -0.3 is 28.8 Å². The van der Waals surface area contributed by atoms with E-state index in [4.69, 9.17) is 23.7 Å². The van der Waals surface area contributed by atoms with Crippen molar-refractivity contribution in [1.29, 1.82) is 0 Å². The summed E-state index contributed by atoms with van der Waals surface area (Å²) >= 11 is 0. The second-order valence-electron chi connectivity index (χ2n) is 8.13. The minimum atomic E-state index is -0.866. The lowest BCUT2D eigenvalue weighted by Gasteiger charge is -2.36. The van der Waals surface area contributed by atoms with Gasteiger partial charge in [-0.15, -0.1) is 0 Å². The zero-order chi connectivity index (χ0) is 20.0. The average molecular weight is 376 g/mol. The summed E-state index contributed by atoms with van der Waals surface area (Å²) in [6.45, 7) is 12.3. The number of hydrogen-bond acceptors (Lipinski definition) is 7. The number of ether oxygens (including phenoxy) is 5. The molecule has 1 rings (SSSR count). The molecule has 0 radical (unpaired) electrons. The smallest absolute Gasteiger partial charge is 0.163 e. The van der Waals surface area contributed by atoms with Crippen molar-refractivity contribution in [3.8, 4) is 0 Å². The molecule has 0 saturated carbocycles. The molecular weight excluding hydrogens is 340 g/mol. The fraction of sp³-hybridized carbons (Fsp3) is 0.947. The van der Waals surface area contributed by atoms with Gasteiger partial charge in [0, 0.05) is 13.5 Å². The second-order valence-corrected chi connectivity index (χ2v) is 8.13. The molecule has 0 aromatic heterocycles. The van der Waals surface area contributed by atoms with E-state index in [1.54, 1.807) is 7.11 Å². The SMILES string of the molecule is COCCOCO[C@H]([C@H]1COC(C)(C)O1)C(C)(C)C(=O)CC(O)C(C)C. The van der Waals surface area contributed by atoms with Gasteiger partial charge in [0.05, 0.1) is 31.3 Å². The van der Waals surface area contributed by atoms with Crippen LogP contribution in [-0.4, -0.2) is 68.7 Å². The number of methoxy groups -OCH3 is 1. The number of aliphatic hydroxyl groups excluding tert-OH is 1. The first-order chi connectivity index (χ1) is 12.0. The van der Waals surface area contributed by atoms with E-state index in [0.29, 0.717) is 19.8 Å². The van der Waals surface area contributed by atoms with Crippen molar-refractivity contribution in [3.63, 3.8) is 0 Å². The first-order valence-corrected chi connectivity index (χ1v) is 9.22. The third kappa shape index (κ3) is 6.87. The fourth-order valence-corrected chi connectivity index (χ4v) is 2.81. The normalized spacial score (nSPS) is 22.6. The van der Waals surface area contributed by atoms with Crippen LogP contribution < -0.4 is 0 Å². The number of hydrogen-bond donors (Lipinski definition) is 1. The van der Waals surface area contributed by atoms with Gasteiger partial charge in [0.25, 0.3) is 0 Å². The Labute approximate surface area is 157 Å². The largest absolute Gasteiger partial charge is 0.392 e. The Kier molecular flexibility index (Phi) is 9.12. The molecule has 0 aliphatic carbocycles. The number of carbonyl (C=O) groups is 1. The summed E-state index contributed by atoms with van der Waals surface area (Å²) in [5, 5.41) is 10.1. The van der Waals surface area contributed by atoms with Crippen molar-refractivity contribution in [2.24, 2.45) is 11.3 Å². The predicted octanol–water partition coefficient (Wildman–Crippen LogP) is 2.15. The van der Waals surface area contributed by atoms with Crippen molar-refractivity contribution < 1.29 is 33.6 Å². The molecule has 0 aromatic rings. The quantitative estimate of drug-likeness (QED) is 0.413. The lowest BCUT2D eigenvalue weighted by molar-refractivity contribution is -0.196. The standard InChI is InChI=1S/C19H36O7/c1-13(2)14(20)10-16(21)18(3,4)17(24-12-23-9-8-22-7)15-11-25-19(5,6)26-15/h13-15,17,20H,8-12H2,1-7H3/t14?,15-,17-/m1/s1. The van der Waals surface area contributed by atoms with E-state index < -0.39 is 29.5 Å². The topological polar surface area (TPSA) is 83.5 Å². The molecule has 1 aliphatic heterocycles. The maximum Gasteiger partial charge on any atom is 0.163 e. The molecule has 1 aliphatic rings.